The molecule has 0 bridgehead atoms. The second-order valence-corrected chi connectivity index (χ2v) is 6.52. The Morgan fingerprint density at radius 2 is 1.69 bits per heavy atom. The Balaban J connectivity index is 1.73. The highest BCUT2D eigenvalue weighted by Gasteiger charge is 2.39. The maximum Gasteiger partial charge on any atom is 0.278 e. The maximum atomic E-state index is 13.2. The first-order valence-corrected chi connectivity index (χ1v) is 9.13. The summed E-state index contributed by atoms with van der Waals surface area (Å²) in [5.41, 5.74) is 2.79. The molecule has 0 unspecified atom stereocenters. The summed E-state index contributed by atoms with van der Waals surface area (Å²) in [6.45, 7) is 0.180. The van der Waals surface area contributed by atoms with Gasteiger partial charge in [0.2, 0.25) is 0 Å². The van der Waals surface area contributed by atoms with Crippen molar-refractivity contribution in [2.45, 2.75) is 6.54 Å². The SMILES string of the molecule is COc1cccc(NC2=C(c3ccccc3)C(=O)N(Cc3ccncc3)C2=O)c1. The van der Waals surface area contributed by atoms with E-state index in [0.29, 0.717) is 22.6 Å². The van der Waals surface area contributed by atoms with Gasteiger partial charge in [0.15, 0.2) is 0 Å². The van der Waals surface area contributed by atoms with Crippen molar-refractivity contribution in [3.63, 3.8) is 0 Å². The monoisotopic (exact) mass is 385 g/mol. The van der Waals surface area contributed by atoms with Crippen molar-refractivity contribution >= 4 is 23.1 Å². The predicted molar refractivity (Wildman–Crippen MR) is 110 cm³/mol. The first-order chi connectivity index (χ1) is 14.2. The Bertz CT molecular complexity index is 1080. The number of imide groups is 1. The minimum Gasteiger partial charge on any atom is -0.497 e. The minimum atomic E-state index is -0.367. The molecule has 0 fully saturated rings. The molecular formula is C23H19N3O3. The zero-order chi connectivity index (χ0) is 20.2. The molecule has 0 aliphatic carbocycles. The van der Waals surface area contributed by atoms with E-state index in [1.54, 1.807) is 37.7 Å². The van der Waals surface area contributed by atoms with Gasteiger partial charge in [0.1, 0.15) is 11.4 Å². The summed E-state index contributed by atoms with van der Waals surface area (Å²) in [4.78, 5) is 31.6. The lowest BCUT2D eigenvalue weighted by atomic mass is 10.0. The van der Waals surface area contributed by atoms with E-state index >= 15 is 0 Å². The molecule has 144 valence electrons. The second kappa shape index (κ2) is 7.98. The third-order valence-corrected chi connectivity index (χ3v) is 4.66. The van der Waals surface area contributed by atoms with E-state index in [-0.39, 0.29) is 24.1 Å². The van der Waals surface area contributed by atoms with Crippen LogP contribution in [-0.2, 0) is 16.1 Å². The molecule has 1 aromatic heterocycles. The number of anilines is 1. The molecule has 1 aliphatic heterocycles. The zero-order valence-electron chi connectivity index (χ0n) is 15.8. The van der Waals surface area contributed by atoms with Gasteiger partial charge in [-0.05, 0) is 35.4 Å². The summed E-state index contributed by atoms with van der Waals surface area (Å²) in [6, 6.07) is 20.0. The fraction of sp³-hybridized carbons (Fsp3) is 0.0870. The number of aromatic nitrogens is 1. The highest BCUT2D eigenvalue weighted by Crippen LogP contribution is 2.32. The van der Waals surface area contributed by atoms with Crippen LogP contribution in [0.1, 0.15) is 11.1 Å². The summed E-state index contributed by atoms with van der Waals surface area (Å²) >= 11 is 0. The molecule has 1 N–H and O–H groups in total. The van der Waals surface area contributed by atoms with Crippen LogP contribution in [0.3, 0.4) is 0 Å². The maximum absolute atomic E-state index is 13.2. The van der Waals surface area contributed by atoms with Gasteiger partial charge in [-0.3, -0.25) is 19.5 Å². The van der Waals surface area contributed by atoms with Crippen LogP contribution in [0, 0.1) is 0 Å². The lowest BCUT2D eigenvalue weighted by Crippen LogP contribution is -2.32. The van der Waals surface area contributed by atoms with Crippen molar-refractivity contribution in [1.29, 1.82) is 0 Å². The zero-order valence-corrected chi connectivity index (χ0v) is 15.8. The molecule has 0 radical (unpaired) electrons. The second-order valence-electron chi connectivity index (χ2n) is 6.52. The fourth-order valence-corrected chi connectivity index (χ4v) is 3.22. The van der Waals surface area contributed by atoms with Gasteiger partial charge in [0.25, 0.3) is 11.8 Å². The number of nitrogens with one attached hydrogen (secondary N) is 1. The van der Waals surface area contributed by atoms with E-state index in [1.807, 2.05) is 48.5 Å². The van der Waals surface area contributed by atoms with Crippen molar-refractivity contribution in [3.8, 4) is 5.75 Å². The Kier molecular flexibility index (Phi) is 5.07. The predicted octanol–water partition coefficient (Wildman–Crippen LogP) is 3.48. The fourth-order valence-electron chi connectivity index (χ4n) is 3.22. The van der Waals surface area contributed by atoms with Crippen molar-refractivity contribution in [3.05, 3.63) is 95.9 Å². The summed E-state index contributed by atoms with van der Waals surface area (Å²) in [5, 5.41) is 3.14. The number of benzene rings is 2. The van der Waals surface area contributed by atoms with Gasteiger partial charge in [-0.2, -0.15) is 0 Å². The van der Waals surface area contributed by atoms with Gasteiger partial charge < -0.3 is 10.1 Å². The smallest absolute Gasteiger partial charge is 0.278 e. The summed E-state index contributed by atoms with van der Waals surface area (Å²) in [6.07, 6.45) is 3.28. The molecule has 0 atom stereocenters. The molecule has 0 spiro atoms. The molecule has 1 aliphatic rings. The van der Waals surface area contributed by atoms with Crippen molar-refractivity contribution in [1.82, 2.24) is 9.88 Å². The molecule has 0 saturated heterocycles. The summed E-state index contributed by atoms with van der Waals surface area (Å²) in [5.74, 6) is -0.0424. The van der Waals surface area contributed by atoms with Gasteiger partial charge in [0.05, 0.1) is 19.2 Å². The molecule has 2 heterocycles. The van der Waals surface area contributed by atoms with E-state index in [4.69, 9.17) is 4.74 Å². The number of carbonyl (C=O) groups is 2. The van der Waals surface area contributed by atoms with Gasteiger partial charge in [-0.1, -0.05) is 36.4 Å². The summed E-state index contributed by atoms with van der Waals surface area (Å²) < 4.78 is 5.25. The number of hydrogen-bond acceptors (Lipinski definition) is 5. The lowest BCUT2D eigenvalue weighted by molar-refractivity contribution is -0.137. The molecule has 0 saturated carbocycles. The highest BCUT2D eigenvalue weighted by molar-refractivity contribution is 6.36. The number of pyridine rings is 1. The minimum absolute atomic E-state index is 0.180. The molecule has 2 aromatic carbocycles. The van der Waals surface area contributed by atoms with Crippen LogP contribution in [0.2, 0.25) is 0 Å². The largest absolute Gasteiger partial charge is 0.497 e. The van der Waals surface area contributed by atoms with Crippen molar-refractivity contribution in [2.75, 3.05) is 12.4 Å². The van der Waals surface area contributed by atoms with Gasteiger partial charge in [-0.25, -0.2) is 0 Å². The molecule has 29 heavy (non-hydrogen) atoms. The number of nitrogens with zero attached hydrogens (tertiary/aromatic N) is 2. The lowest BCUT2D eigenvalue weighted by Gasteiger charge is -2.15. The van der Waals surface area contributed by atoms with Gasteiger partial charge in [0, 0.05) is 24.1 Å². The Hall–Kier alpha value is -3.93. The Morgan fingerprint density at radius 1 is 0.931 bits per heavy atom. The van der Waals surface area contributed by atoms with Crippen LogP contribution >= 0.6 is 0 Å². The highest BCUT2D eigenvalue weighted by atomic mass is 16.5. The van der Waals surface area contributed by atoms with Crippen LogP contribution in [0.25, 0.3) is 5.57 Å². The van der Waals surface area contributed by atoms with Crippen LogP contribution in [-0.4, -0.2) is 28.8 Å². The van der Waals surface area contributed by atoms with E-state index < -0.39 is 0 Å². The van der Waals surface area contributed by atoms with Crippen LogP contribution in [0.5, 0.6) is 5.75 Å². The Morgan fingerprint density at radius 3 is 2.41 bits per heavy atom. The average molecular weight is 385 g/mol. The number of amides is 2. The first-order valence-electron chi connectivity index (χ1n) is 9.13. The average Bonchev–Trinajstić information content (AvgIpc) is 2.99. The van der Waals surface area contributed by atoms with Crippen LogP contribution in [0.15, 0.2) is 84.8 Å². The number of ether oxygens (including phenoxy) is 1. The molecular weight excluding hydrogens is 366 g/mol. The number of carbonyl (C=O) groups excluding carboxylic acids is 2. The quantitative estimate of drug-likeness (QED) is 0.658. The molecule has 6 heteroatoms. The van der Waals surface area contributed by atoms with Crippen LogP contribution in [0.4, 0.5) is 5.69 Å². The van der Waals surface area contributed by atoms with Gasteiger partial charge in [-0.15, -0.1) is 0 Å². The Labute approximate surface area is 168 Å². The first kappa shape index (κ1) is 18.4. The van der Waals surface area contributed by atoms with E-state index in [0.717, 1.165) is 5.56 Å². The third-order valence-electron chi connectivity index (χ3n) is 4.66. The van der Waals surface area contributed by atoms with Gasteiger partial charge >= 0.3 is 0 Å². The molecule has 4 rings (SSSR count). The third kappa shape index (κ3) is 3.73. The number of rotatable bonds is 6. The van der Waals surface area contributed by atoms with Crippen molar-refractivity contribution in [2.24, 2.45) is 0 Å². The molecule has 6 nitrogen and oxygen atoms in total. The van der Waals surface area contributed by atoms with Crippen molar-refractivity contribution < 1.29 is 14.3 Å². The van der Waals surface area contributed by atoms with E-state index in [2.05, 4.69) is 10.3 Å². The van der Waals surface area contributed by atoms with E-state index in [9.17, 15) is 9.59 Å². The molecule has 3 aromatic rings. The standard InChI is InChI=1S/C23H19N3O3/c1-29-19-9-5-8-18(14-19)25-21-20(17-6-3-2-4-7-17)22(27)26(23(21)28)15-16-10-12-24-13-11-16/h2-14,25H,15H2,1H3. The molecule has 2 amide bonds. The number of methoxy groups -OCH3 is 1. The number of hydrogen-bond donors (Lipinski definition) is 1. The summed E-state index contributed by atoms with van der Waals surface area (Å²) in [7, 11) is 1.58. The topological polar surface area (TPSA) is 71.5 Å². The normalized spacial score (nSPS) is 13.8. The van der Waals surface area contributed by atoms with Crippen LogP contribution < -0.4 is 10.1 Å². The van der Waals surface area contributed by atoms with E-state index in [1.165, 1.54) is 4.90 Å².